The van der Waals surface area contributed by atoms with Crippen molar-refractivity contribution in [3.63, 3.8) is 0 Å². The first-order valence-electron chi connectivity index (χ1n) is 4.67. The van der Waals surface area contributed by atoms with Gasteiger partial charge in [0.15, 0.2) is 0 Å². The zero-order valence-corrected chi connectivity index (χ0v) is 9.21. The lowest BCUT2D eigenvalue weighted by molar-refractivity contribution is -0.269. The number of carbonyl (C=O) groups is 1. The van der Waals surface area contributed by atoms with E-state index >= 15 is 0 Å². The molecule has 0 rings (SSSR count). The molecule has 96 valence electrons. The molecule has 1 amide bonds. The van der Waals surface area contributed by atoms with E-state index < -0.39 is 23.4 Å². The summed E-state index contributed by atoms with van der Waals surface area (Å²) < 4.78 is 60.3. The van der Waals surface area contributed by atoms with E-state index in [1.807, 2.05) is 0 Å². The van der Waals surface area contributed by atoms with E-state index in [4.69, 9.17) is 0 Å². The topological polar surface area (TPSA) is 29.1 Å². The van der Waals surface area contributed by atoms with Gasteiger partial charge in [0.25, 0.3) is 5.91 Å². The molecule has 2 nitrogen and oxygen atoms in total. The van der Waals surface area contributed by atoms with E-state index in [-0.39, 0.29) is 6.54 Å². The number of halogens is 5. The van der Waals surface area contributed by atoms with Crippen LogP contribution in [0.5, 0.6) is 0 Å². The van der Waals surface area contributed by atoms with E-state index in [1.165, 1.54) is 0 Å². The van der Waals surface area contributed by atoms with Crippen LogP contribution >= 0.6 is 0 Å². The Balaban J connectivity index is 4.50. The molecule has 16 heavy (non-hydrogen) atoms. The number of nitrogens with one attached hydrogen (secondary N) is 1. The average molecular weight is 247 g/mol. The number of alkyl halides is 5. The monoisotopic (exact) mass is 247 g/mol. The van der Waals surface area contributed by atoms with Crippen LogP contribution in [0.2, 0.25) is 0 Å². The summed E-state index contributed by atoms with van der Waals surface area (Å²) >= 11 is 0. The molecule has 0 unspecified atom stereocenters. The molecule has 0 aliphatic rings. The van der Waals surface area contributed by atoms with Crippen LogP contribution in [0, 0.1) is 5.41 Å². The number of hydrogen-bond donors (Lipinski definition) is 1. The van der Waals surface area contributed by atoms with Gasteiger partial charge in [-0.1, -0.05) is 20.8 Å². The maximum Gasteiger partial charge on any atom is 0.463 e. The first kappa shape index (κ1) is 15.1. The first-order chi connectivity index (χ1) is 6.94. The van der Waals surface area contributed by atoms with Gasteiger partial charge in [-0.2, -0.15) is 22.0 Å². The highest BCUT2D eigenvalue weighted by molar-refractivity contribution is 5.84. The molecule has 0 saturated heterocycles. The molecule has 0 spiro atoms. The van der Waals surface area contributed by atoms with Crippen molar-refractivity contribution in [3.05, 3.63) is 0 Å². The molecule has 0 atom stereocenters. The SMILES string of the molecule is CCC(C)(C)CNC(=O)C(F)(F)C(F)(F)F. The molecule has 0 aromatic carbocycles. The Kier molecular flexibility index (Phi) is 4.30. The second-order valence-corrected chi connectivity index (χ2v) is 4.27. The summed E-state index contributed by atoms with van der Waals surface area (Å²) in [6.45, 7) is 4.82. The highest BCUT2D eigenvalue weighted by atomic mass is 19.4. The van der Waals surface area contributed by atoms with Crippen molar-refractivity contribution in [3.8, 4) is 0 Å². The molecular weight excluding hydrogens is 233 g/mol. The molecule has 0 aromatic heterocycles. The molecule has 0 radical (unpaired) electrons. The maximum atomic E-state index is 12.5. The molecule has 0 fully saturated rings. The predicted molar refractivity (Wildman–Crippen MR) is 48.1 cm³/mol. The zero-order chi connectivity index (χ0) is 13.2. The normalized spacial score (nSPS) is 13.8. The van der Waals surface area contributed by atoms with Gasteiger partial charge in [-0.05, 0) is 11.8 Å². The third-order valence-corrected chi connectivity index (χ3v) is 2.33. The minimum atomic E-state index is -5.85. The molecule has 0 heterocycles. The summed E-state index contributed by atoms with van der Waals surface area (Å²) in [6.07, 6.45) is -5.31. The lowest BCUT2D eigenvalue weighted by atomic mass is 9.90. The van der Waals surface area contributed by atoms with Crippen molar-refractivity contribution in [2.24, 2.45) is 5.41 Å². The largest absolute Gasteiger partial charge is 0.463 e. The van der Waals surface area contributed by atoms with Crippen molar-refractivity contribution in [2.75, 3.05) is 6.54 Å². The standard InChI is InChI=1S/C9H14F5NO/c1-4-7(2,3)5-15-6(16)8(10,11)9(12,13)14/h4-5H2,1-3H3,(H,15,16). The Morgan fingerprint density at radius 2 is 1.56 bits per heavy atom. The third kappa shape index (κ3) is 3.61. The fourth-order valence-electron chi connectivity index (χ4n) is 0.684. The van der Waals surface area contributed by atoms with Crippen LogP contribution in [0.3, 0.4) is 0 Å². The second-order valence-electron chi connectivity index (χ2n) is 4.27. The van der Waals surface area contributed by atoms with E-state index in [0.29, 0.717) is 6.42 Å². The van der Waals surface area contributed by atoms with E-state index in [2.05, 4.69) is 0 Å². The summed E-state index contributed by atoms with van der Waals surface area (Å²) in [5.74, 6) is -7.64. The summed E-state index contributed by atoms with van der Waals surface area (Å²) in [6, 6.07) is 0. The number of amides is 1. The fourth-order valence-corrected chi connectivity index (χ4v) is 0.684. The Labute approximate surface area is 90.2 Å². The molecule has 0 bridgehead atoms. The highest BCUT2D eigenvalue weighted by Gasteiger charge is 2.63. The number of rotatable bonds is 4. The van der Waals surface area contributed by atoms with E-state index in [1.54, 1.807) is 26.1 Å². The van der Waals surface area contributed by atoms with Gasteiger partial charge in [-0.15, -0.1) is 0 Å². The number of carbonyl (C=O) groups excluding carboxylic acids is 1. The number of hydrogen-bond acceptors (Lipinski definition) is 1. The van der Waals surface area contributed by atoms with Crippen LogP contribution in [0.15, 0.2) is 0 Å². The van der Waals surface area contributed by atoms with Gasteiger partial charge in [-0.25, -0.2) is 0 Å². The molecule has 0 aromatic rings. The van der Waals surface area contributed by atoms with Crippen LogP contribution in [0.4, 0.5) is 22.0 Å². The molecule has 1 N–H and O–H groups in total. The van der Waals surface area contributed by atoms with Crippen LogP contribution < -0.4 is 5.32 Å². The smallest absolute Gasteiger partial charge is 0.350 e. The van der Waals surface area contributed by atoms with Crippen LogP contribution in [-0.2, 0) is 4.79 Å². The summed E-state index contributed by atoms with van der Waals surface area (Å²) in [5.41, 5.74) is -0.517. The molecule has 0 aliphatic heterocycles. The minimum Gasteiger partial charge on any atom is -0.350 e. The minimum absolute atomic E-state index is 0.228. The molecule has 7 heteroatoms. The average Bonchev–Trinajstić information content (AvgIpc) is 2.12. The van der Waals surface area contributed by atoms with Crippen molar-refractivity contribution < 1.29 is 26.7 Å². The van der Waals surface area contributed by atoms with Crippen LogP contribution in [-0.4, -0.2) is 24.6 Å². The Morgan fingerprint density at radius 3 is 1.88 bits per heavy atom. The van der Waals surface area contributed by atoms with Crippen molar-refractivity contribution in [1.82, 2.24) is 5.32 Å². The molecule has 0 saturated carbocycles. The van der Waals surface area contributed by atoms with Gasteiger partial charge < -0.3 is 5.32 Å². The Morgan fingerprint density at radius 1 is 1.12 bits per heavy atom. The highest BCUT2D eigenvalue weighted by Crippen LogP contribution is 2.35. The van der Waals surface area contributed by atoms with Gasteiger partial charge in [0, 0.05) is 6.54 Å². The van der Waals surface area contributed by atoms with Gasteiger partial charge in [-0.3, -0.25) is 4.79 Å². The summed E-state index contributed by atoms with van der Waals surface area (Å²) in [4.78, 5) is 10.7. The fraction of sp³-hybridized carbons (Fsp3) is 0.889. The van der Waals surface area contributed by atoms with Crippen LogP contribution in [0.25, 0.3) is 0 Å². The maximum absolute atomic E-state index is 12.5. The first-order valence-corrected chi connectivity index (χ1v) is 4.67. The quantitative estimate of drug-likeness (QED) is 0.760. The third-order valence-electron chi connectivity index (χ3n) is 2.33. The van der Waals surface area contributed by atoms with E-state index in [0.717, 1.165) is 0 Å². The Hall–Kier alpha value is -0.880. The lowest BCUT2D eigenvalue weighted by Crippen LogP contribution is -2.52. The van der Waals surface area contributed by atoms with Gasteiger partial charge in [0.1, 0.15) is 0 Å². The second kappa shape index (κ2) is 4.55. The lowest BCUT2D eigenvalue weighted by Gasteiger charge is -2.25. The van der Waals surface area contributed by atoms with Crippen molar-refractivity contribution >= 4 is 5.91 Å². The van der Waals surface area contributed by atoms with Gasteiger partial charge >= 0.3 is 12.1 Å². The van der Waals surface area contributed by atoms with Gasteiger partial charge in [0.05, 0.1) is 0 Å². The summed E-state index contributed by atoms with van der Waals surface area (Å²) in [7, 11) is 0. The van der Waals surface area contributed by atoms with Gasteiger partial charge in [0.2, 0.25) is 0 Å². The summed E-state index contributed by atoms with van der Waals surface area (Å²) in [5, 5.41) is 1.61. The predicted octanol–water partition coefficient (Wildman–Crippen LogP) is 2.74. The van der Waals surface area contributed by atoms with Crippen molar-refractivity contribution in [2.45, 2.75) is 39.3 Å². The van der Waals surface area contributed by atoms with Crippen molar-refractivity contribution in [1.29, 1.82) is 0 Å². The Bertz CT molecular complexity index is 259. The van der Waals surface area contributed by atoms with E-state index in [9.17, 15) is 26.7 Å². The van der Waals surface area contributed by atoms with Crippen LogP contribution in [0.1, 0.15) is 27.2 Å². The molecule has 0 aliphatic carbocycles. The zero-order valence-electron chi connectivity index (χ0n) is 9.21. The molecular formula is C9H14F5NO.